The maximum Gasteiger partial charge on any atom is 0.387 e. The number of anilines is 1. The Morgan fingerprint density at radius 2 is 2.21 bits per heavy atom. The van der Waals surface area contributed by atoms with Crippen LogP contribution in [0.5, 0.6) is 5.75 Å². The zero-order chi connectivity index (χ0) is 20.4. The summed E-state index contributed by atoms with van der Waals surface area (Å²) in [5.74, 6) is -0.0138. The lowest BCUT2D eigenvalue weighted by atomic mass is 10.1. The highest BCUT2D eigenvalue weighted by Crippen LogP contribution is 2.37. The summed E-state index contributed by atoms with van der Waals surface area (Å²) in [5.41, 5.74) is 2.06. The number of aliphatic hydroxyl groups excluding tert-OH is 1. The fourth-order valence-corrected chi connectivity index (χ4v) is 3.33. The number of nitrogens with one attached hydrogen (secondary N) is 2. The lowest BCUT2D eigenvalue weighted by Crippen LogP contribution is -2.10. The highest BCUT2D eigenvalue weighted by atomic mass is 32.2. The highest BCUT2D eigenvalue weighted by Gasteiger charge is 2.21. The van der Waals surface area contributed by atoms with E-state index in [1.165, 1.54) is 34.7 Å². The van der Waals surface area contributed by atoms with Crippen molar-refractivity contribution in [2.75, 3.05) is 11.6 Å². The summed E-state index contributed by atoms with van der Waals surface area (Å²) >= 11 is 1.46. The molecular formula is C18H16F2N6O2S. The maximum atomic E-state index is 12.8. The molecule has 150 valence electrons. The molecule has 0 saturated heterocycles. The van der Waals surface area contributed by atoms with E-state index in [9.17, 15) is 13.9 Å². The van der Waals surface area contributed by atoms with E-state index in [0.717, 1.165) is 4.90 Å². The van der Waals surface area contributed by atoms with Gasteiger partial charge in [0, 0.05) is 29.0 Å². The molecule has 0 aliphatic heterocycles. The minimum absolute atomic E-state index is 0.0138. The van der Waals surface area contributed by atoms with Crippen molar-refractivity contribution < 1.29 is 18.6 Å². The number of H-pyrrole nitrogens is 1. The fourth-order valence-electron chi connectivity index (χ4n) is 2.89. The SMILES string of the molecule is CSc1ccc(OC(F)F)c(-c2n[nH]cc2NC(O)c2cnn3cccnc23)c1. The predicted octanol–water partition coefficient (Wildman–Crippen LogP) is 3.55. The summed E-state index contributed by atoms with van der Waals surface area (Å²) in [6.07, 6.45) is 7.05. The average molecular weight is 418 g/mol. The lowest BCUT2D eigenvalue weighted by Gasteiger charge is -2.15. The van der Waals surface area contributed by atoms with Gasteiger partial charge in [-0.05, 0) is 30.5 Å². The number of aliphatic hydroxyl groups is 1. The molecule has 1 aromatic carbocycles. The molecule has 4 aromatic rings. The molecule has 8 nitrogen and oxygen atoms in total. The number of hydrogen-bond donors (Lipinski definition) is 3. The molecule has 0 aliphatic rings. The number of rotatable bonds is 7. The van der Waals surface area contributed by atoms with Crippen LogP contribution in [0.4, 0.5) is 14.5 Å². The highest BCUT2D eigenvalue weighted by molar-refractivity contribution is 7.98. The van der Waals surface area contributed by atoms with Crippen LogP contribution in [0.2, 0.25) is 0 Å². The van der Waals surface area contributed by atoms with Crippen LogP contribution in [0.15, 0.2) is 53.9 Å². The monoisotopic (exact) mass is 418 g/mol. The van der Waals surface area contributed by atoms with Crippen molar-refractivity contribution in [1.82, 2.24) is 24.8 Å². The van der Waals surface area contributed by atoms with Gasteiger partial charge in [-0.25, -0.2) is 9.50 Å². The van der Waals surface area contributed by atoms with Gasteiger partial charge in [0.25, 0.3) is 0 Å². The summed E-state index contributed by atoms with van der Waals surface area (Å²) in [7, 11) is 0. The van der Waals surface area contributed by atoms with Gasteiger partial charge in [0.05, 0.1) is 17.4 Å². The number of aromatic amines is 1. The molecule has 1 unspecified atom stereocenters. The van der Waals surface area contributed by atoms with Crippen molar-refractivity contribution in [3.8, 4) is 17.0 Å². The molecule has 3 heterocycles. The molecule has 0 fully saturated rings. The third-order valence-corrected chi connectivity index (χ3v) is 4.92. The number of hydrogen-bond acceptors (Lipinski definition) is 7. The quantitative estimate of drug-likeness (QED) is 0.312. The normalized spacial score (nSPS) is 12.4. The van der Waals surface area contributed by atoms with E-state index in [1.807, 2.05) is 6.26 Å². The number of halogens is 2. The van der Waals surface area contributed by atoms with Crippen LogP contribution in [0.1, 0.15) is 11.8 Å². The van der Waals surface area contributed by atoms with E-state index in [4.69, 9.17) is 0 Å². The molecule has 3 N–H and O–H groups in total. The van der Waals surface area contributed by atoms with Gasteiger partial charge in [-0.15, -0.1) is 11.8 Å². The van der Waals surface area contributed by atoms with E-state index in [2.05, 4.69) is 30.3 Å². The van der Waals surface area contributed by atoms with Crippen molar-refractivity contribution in [3.63, 3.8) is 0 Å². The third-order valence-electron chi connectivity index (χ3n) is 4.19. The first kappa shape index (κ1) is 19.2. The molecule has 0 aliphatic carbocycles. The number of alkyl halides is 2. The van der Waals surface area contributed by atoms with Crippen molar-refractivity contribution in [2.24, 2.45) is 0 Å². The molecule has 0 bridgehead atoms. The second kappa shape index (κ2) is 8.05. The van der Waals surface area contributed by atoms with Crippen LogP contribution >= 0.6 is 11.8 Å². The van der Waals surface area contributed by atoms with E-state index >= 15 is 0 Å². The summed E-state index contributed by atoms with van der Waals surface area (Å²) in [6, 6.07) is 6.58. The van der Waals surface area contributed by atoms with Gasteiger partial charge < -0.3 is 15.2 Å². The Labute approximate surface area is 167 Å². The first-order chi connectivity index (χ1) is 14.1. The summed E-state index contributed by atoms with van der Waals surface area (Å²) in [4.78, 5) is 5.06. The average Bonchev–Trinajstić information content (AvgIpc) is 3.34. The Bertz CT molecular complexity index is 1130. The van der Waals surface area contributed by atoms with E-state index in [1.54, 1.807) is 30.6 Å². The summed E-state index contributed by atoms with van der Waals surface area (Å²) in [5, 5.41) is 24.6. The van der Waals surface area contributed by atoms with Gasteiger partial charge in [-0.3, -0.25) is 5.10 Å². The molecule has 0 radical (unpaired) electrons. The number of fused-ring (bicyclic) bond motifs is 1. The molecule has 0 spiro atoms. The van der Waals surface area contributed by atoms with Crippen LogP contribution in [-0.4, -0.2) is 42.8 Å². The first-order valence-corrected chi connectivity index (χ1v) is 9.69. The van der Waals surface area contributed by atoms with Gasteiger partial charge in [0.15, 0.2) is 11.9 Å². The minimum Gasteiger partial charge on any atom is -0.434 e. The van der Waals surface area contributed by atoms with Crippen LogP contribution in [0.3, 0.4) is 0 Å². The second-order valence-corrected chi connectivity index (χ2v) is 6.80. The zero-order valence-electron chi connectivity index (χ0n) is 15.1. The Morgan fingerprint density at radius 3 is 3.00 bits per heavy atom. The number of nitrogens with zero attached hydrogens (tertiary/aromatic N) is 4. The van der Waals surface area contributed by atoms with Crippen molar-refractivity contribution in [3.05, 3.63) is 54.6 Å². The van der Waals surface area contributed by atoms with Crippen LogP contribution in [-0.2, 0) is 0 Å². The van der Waals surface area contributed by atoms with Crippen LogP contribution in [0, 0.1) is 0 Å². The van der Waals surface area contributed by atoms with Gasteiger partial charge in [0.1, 0.15) is 11.4 Å². The molecular weight excluding hydrogens is 402 g/mol. The van der Waals surface area contributed by atoms with Crippen molar-refractivity contribution in [2.45, 2.75) is 17.7 Å². The lowest BCUT2D eigenvalue weighted by molar-refractivity contribution is -0.0494. The van der Waals surface area contributed by atoms with E-state index < -0.39 is 12.8 Å². The molecule has 29 heavy (non-hydrogen) atoms. The first-order valence-electron chi connectivity index (χ1n) is 8.46. The third kappa shape index (κ3) is 3.87. The van der Waals surface area contributed by atoms with E-state index in [-0.39, 0.29) is 5.75 Å². The molecule has 3 aromatic heterocycles. The predicted molar refractivity (Wildman–Crippen MR) is 104 cm³/mol. The van der Waals surface area contributed by atoms with Gasteiger partial charge in [0.2, 0.25) is 0 Å². The van der Waals surface area contributed by atoms with Gasteiger partial charge in [-0.1, -0.05) is 0 Å². The Hall–Kier alpha value is -3.18. The fraction of sp³-hybridized carbons (Fsp3) is 0.167. The van der Waals surface area contributed by atoms with Crippen LogP contribution in [0.25, 0.3) is 16.9 Å². The Balaban J connectivity index is 1.69. The number of ether oxygens (including phenoxy) is 1. The zero-order valence-corrected chi connectivity index (χ0v) is 15.9. The number of thioether (sulfide) groups is 1. The number of benzene rings is 1. The van der Waals surface area contributed by atoms with Gasteiger partial charge in [-0.2, -0.15) is 19.0 Å². The smallest absolute Gasteiger partial charge is 0.387 e. The second-order valence-electron chi connectivity index (χ2n) is 5.92. The topological polar surface area (TPSA) is 100 Å². The Morgan fingerprint density at radius 1 is 1.34 bits per heavy atom. The molecule has 0 amide bonds. The van der Waals surface area contributed by atoms with Crippen molar-refractivity contribution >= 4 is 23.1 Å². The maximum absolute atomic E-state index is 12.8. The molecule has 4 rings (SSSR count). The largest absolute Gasteiger partial charge is 0.434 e. The van der Waals surface area contributed by atoms with E-state index in [0.29, 0.717) is 28.2 Å². The van der Waals surface area contributed by atoms with Crippen LogP contribution < -0.4 is 10.1 Å². The summed E-state index contributed by atoms with van der Waals surface area (Å²) < 4.78 is 31.9. The summed E-state index contributed by atoms with van der Waals surface area (Å²) in [6.45, 7) is -2.97. The minimum atomic E-state index is -2.97. The molecule has 1 atom stereocenters. The van der Waals surface area contributed by atoms with Gasteiger partial charge >= 0.3 is 6.61 Å². The van der Waals surface area contributed by atoms with Crippen molar-refractivity contribution in [1.29, 1.82) is 0 Å². The molecule has 0 saturated carbocycles. The number of aromatic nitrogens is 5. The molecule has 11 heteroatoms. The standard InChI is InChI=1S/C18H16F2N6O2S/c1-29-10-3-4-14(28-18(19)20)11(7-10)15-13(9-22-25-15)24-17(27)12-8-23-26-6-2-5-21-16(12)26/h2-9,17-18,24,27H,1H3,(H,22,25). The Kier molecular flexibility index (Phi) is 5.32.